The first kappa shape index (κ1) is 15.6. The molecule has 1 aromatic heterocycles. The highest BCUT2D eigenvalue weighted by Crippen LogP contribution is 2.30. The van der Waals surface area contributed by atoms with E-state index in [-0.39, 0.29) is 0 Å². The summed E-state index contributed by atoms with van der Waals surface area (Å²) in [5.74, 6) is 0. The lowest BCUT2D eigenvalue weighted by molar-refractivity contribution is -0.884. The number of benzene rings is 2. The van der Waals surface area contributed by atoms with Crippen LogP contribution in [0.5, 0.6) is 0 Å². The van der Waals surface area contributed by atoms with Gasteiger partial charge in [0.1, 0.15) is 6.54 Å². The van der Waals surface area contributed by atoms with Crippen molar-refractivity contribution in [2.75, 3.05) is 21.1 Å². The molecule has 0 unspecified atom stereocenters. The summed E-state index contributed by atoms with van der Waals surface area (Å²) in [6.45, 7) is 3.25. The smallest absolute Gasteiger partial charge is 0.106 e. The van der Waals surface area contributed by atoms with Crippen LogP contribution < -0.4 is 0 Å². The fourth-order valence-electron chi connectivity index (χ4n) is 3.06. The average molecular weight is 305 g/mol. The number of rotatable bonds is 4. The summed E-state index contributed by atoms with van der Waals surface area (Å²) < 4.78 is 3.30. The molecule has 1 heterocycles. The largest absolute Gasteiger partial charge is 0.327 e. The predicted molar refractivity (Wildman–Crippen MR) is 97.7 cm³/mol. The maximum Gasteiger partial charge on any atom is 0.106 e. The van der Waals surface area contributed by atoms with Gasteiger partial charge in [0, 0.05) is 16.9 Å². The standard InChI is InChI=1S/C21H25N2/c1-17-19(16-23(2,3)4)15-21(18-11-7-5-8-12-18)22(17)20-13-9-6-10-14-20/h5-15H,16H2,1-4H3/q+1. The normalized spacial score (nSPS) is 11.7. The molecule has 0 amide bonds. The topological polar surface area (TPSA) is 4.93 Å². The van der Waals surface area contributed by atoms with Crippen molar-refractivity contribution in [3.8, 4) is 16.9 Å². The van der Waals surface area contributed by atoms with Crippen LogP contribution in [0.1, 0.15) is 11.3 Å². The van der Waals surface area contributed by atoms with Gasteiger partial charge in [0.25, 0.3) is 0 Å². The quantitative estimate of drug-likeness (QED) is 0.618. The molecule has 0 fully saturated rings. The Morgan fingerprint density at radius 1 is 0.826 bits per heavy atom. The molecule has 0 N–H and O–H groups in total. The van der Waals surface area contributed by atoms with Gasteiger partial charge in [-0.15, -0.1) is 0 Å². The molecule has 0 radical (unpaired) electrons. The maximum atomic E-state index is 2.38. The zero-order valence-electron chi connectivity index (χ0n) is 14.5. The molecular weight excluding hydrogens is 280 g/mol. The molecule has 0 saturated carbocycles. The van der Waals surface area contributed by atoms with E-state index in [1.807, 2.05) is 0 Å². The third kappa shape index (κ3) is 3.38. The third-order valence-electron chi connectivity index (χ3n) is 4.08. The average Bonchev–Trinajstić information content (AvgIpc) is 2.84. The highest BCUT2D eigenvalue weighted by molar-refractivity contribution is 5.65. The Kier molecular flexibility index (Phi) is 4.10. The number of nitrogens with zero attached hydrogens (tertiary/aromatic N) is 2. The van der Waals surface area contributed by atoms with Gasteiger partial charge in [-0.05, 0) is 30.7 Å². The summed E-state index contributed by atoms with van der Waals surface area (Å²) in [5.41, 5.74) is 6.46. The van der Waals surface area contributed by atoms with Crippen molar-refractivity contribution in [1.29, 1.82) is 0 Å². The summed E-state index contributed by atoms with van der Waals surface area (Å²) in [5, 5.41) is 0. The van der Waals surface area contributed by atoms with Crippen LogP contribution in [0.15, 0.2) is 66.7 Å². The van der Waals surface area contributed by atoms with Crippen LogP contribution in [0, 0.1) is 6.92 Å². The molecule has 3 rings (SSSR count). The Morgan fingerprint density at radius 2 is 1.39 bits per heavy atom. The molecule has 0 spiro atoms. The second-order valence-electron chi connectivity index (χ2n) is 7.13. The highest BCUT2D eigenvalue weighted by atomic mass is 15.3. The highest BCUT2D eigenvalue weighted by Gasteiger charge is 2.19. The third-order valence-corrected chi connectivity index (χ3v) is 4.08. The maximum absolute atomic E-state index is 2.38. The van der Waals surface area contributed by atoms with Crippen LogP contribution in [0.2, 0.25) is 0 Å². The molecule has 2 heteroatoms. The van der Waals surface area contributed by atoms with Crippen molar-refractivity contribution in [3.05, 3.63) is 78.0 Å². The first-order valence-corrected chi connectivity index (χ1v) is 8.08. The number of hydrogen-bond acceptors (Lipinski definition) is 0. The lowest BCUT2D eigenvalue weighted by atomic mass is 10.1. The monoisotopic (exact) mass is 305 g/mol. The van der Waals surface area contributed by atoms with Crippen LogP contribution in [-0.2, 0) is 6.54 Å². The van der Waals surface area contributed by atoms with E-state index in [4.69, 9.17) is 0 Å². The lowest BCUT2D eigenvalue weighted by Gasteiger charge is -2.23. The number of para-hydroxylation sites is 1. The molecule has 0 bridgehead atoms. The predicted octanol–water partition coefficient (Wildman–Crippen LogP) is 4.66. The SMILES string of the molecule is Cc1c(C[N+](C)(C)C)cc(-c2ccccc2)n1-c1ccccc1. The zero-order valence-corrected chi connectivity index (χ0v) is 14.5. The Hall–Kier alpha value is -2.32. The zero-order chi connectivity index (χ0) is 16.4. The molecule has 3 aromatic rings. The summed E-state index contributed by atoms with van der Waals surface area (Å²) in [6.07, 6.45) is 0. The van der Waals surface area contributed by atoms with Crippen LogP contribution in [0.25, 0.3) is 16.9 Å². The van der Waals surface area contributed by atoms with Gasteiger partial charge in [-0.1, -0.05) is 48.5 Å². The fourth-order valence-corrected chi connectivity index (χ4v) is 3.06. The van der Waals surface area contributed by atoms with E-state index in [1.165, 1.54) is 28.2 Å². The van der Waals surface area contributed by atoms with E-state index in [1.54, 1.807) is 0 Å². The van der Waals surface area contributed by atoms with Crippen LogP contribution in [0.4, 0.5) is 0 Å². The van der Waals surface area contributed by atoms with Crippen molar-refractivity contribution in [2.24, 2.45) is 0 Å². The van der Waals surface area contributed by atoms with Gasteiger partial charge >= 0.3 is 0 Å². The molecule has 0 aliphatic rings. The van der Waals surface area contributed by atoms with Crippen molar-refractivity contribution in [3.63, 3.8) is 0 Å². The van der Waals surface area contributed by atoms with Crippen LogP contribution >= 0.6 is 0 Å². The second-order valence-corrected chi connectivity index (χ2v) is 7.13. The number of aromatic nitrogens is 1. The summed E-state index contributed by atoms with van der Waals surface area (Å²) >= 11 is 0. The molecule has 118 valence electrons. The van der Waals surface area contributed by atoms with Gasteiger partial charge in [0.2, 0.25) is 0 Å². The lowest BCUT2D eigenvalue weighted by Crippen LogP contribution is -2.33. The molecule has 0 atom stereocenters. The minimum atomic E-state index is 0.924. The summed E-state index contributed by atoms with van der Waals surface area (Å²) in [7, 11) is 6.71. The molecule has 0 aliphatic heterocycles. The van der Waals surface area contributed by atoms with E-state index in [9.17, 15) is 0 Å². The summed E-state index contributed by atoms with van der Waals surface area (Å²) in [6, 6.07) is 23.6. The molecular formula is C21H25N2+. The number of quaternary nitrogens is 1. The van der Waals surface area contributed by atoms with Crippen molar-refractivity contribution in [1.82, 2.24) is 4.57 Å². The Morgan fingerprint density at radius 3 is 1.96 bits per heavy atom. The van der Waals surface area contributed by atoms with Crippen molar-refractivity contribution in [2.45, 2.75) is 13.5 Å². The Labute approximate surface area is 139 Å². The van der Waals surface area contributed by atoms with Crippen molar-refractivity contribution < 1.29 is 4.48 Å². The second kappa shape index (κ2) is 6.05. The Balaban J connectivity index is 2.19. The van der Waals surface area contributed by atoms with E-state index in [2.05, 4.69) is 99.4 Å². The first-order valence-electron chi connectivity index (χ1n) is 8.08. The van der Waals surface area contributed by atoms with Gasteiger partial charge in [-0.3, -0.25) is 0 Å². The van der Waals surface area contributed by atoms with E-state index in [0.717, 1.165) is 11.0 Å². The van der Waals surface area contributed by atoms with Crippen LogP contribution in [-0.4, -0.2) is 30.2 Å². The van der Waals surface area contributed by atoms with Crippen LogP contribution in [0.3, 0.4) is 0 Å². The molecule has 2 nitrogen and oxygen atoms in total. The number of hydrogen-bond donors (Lipinski definition) is 0. The van der Waals surface area contributed by atoms with Gasteiger partial charge in [-0.2, -0.15) is 0 Å². The van der Waals surface area contributed by atoms with E-state index < -0.39 is 0 Å². The minimum absolute atomic E-state index is 0.924. The van der Waals surface area contributed by atoms with Crippen molar-refractivity contribution >= 4 is 0 Å². The molecule has 0 aliphatic carbocycles. The Bertz CT molecular complexity index is 778. The molecule has 23 heavy (non-hydrogen) atoms. The van der Waals surface area contributed by atoms with Gasteiger partial charge in [-0.25, -0.2) is 0 Å². The fraction of sp³-hybridized carbons (Fsp3) is 0.238. The van der Waals surface area contributed by atoms with E-state index in [0.29, 0.717) is 0 Å². The summed E-state index contributed by atoms with van der Waals surface area (Å²) in [4.78, 5) is 0. The van der Waals surface area contributed by atoms with Gasteiger partial charge in [0.15, 0.2) is 0 Å². The molecule has 0 saturated heterocycles. The molecule has 2 aromatic carbocycles. The first-order chi connectivity index (χ1) is 11.0. The minimum Gasteiger partial charge on any atom is -0.327 e. The van der Waals surface area contributed by atoms with Gasteiger partial charge < -0.3 is 9.05 Å². The van der Waals surface area contributed by atoms with Gasteiger partial charge in [0.05, 0.1) is 26.8 Å². The van der Waals surface area contributed by atoms with E-state index >= 15 is 0 Å².